The Labute approximate surface area is 239 Å². The number of hydrogen-bond acceptors (Lipinski definition) is 5. The molecule has 1 atom stereocenters. The number of ether oxygens (including phenoxy) is 1. The number of aromatic amines is 1. The van der Waals surface area contributed by atoms with Crippen molar-refractivity contribution in [2.45, 2.75) is 37.6 Å². The van der Waals surface area contributed by atoms with Gasteiger partial charge in [-0.2, -0.15) is 0 Å². The molecule has 1 saturated carbocycles. The standard InChI is InChI=1S/C32H35N5O4/c1-41-31(40)35-16-12-32(13-17-35)30(39)37(20-21-11-15-36(19-21)29(38)24-6-7-24)28(34-32)23-4-2-22(3-5-23)25-8-9-27-26(18-25)10-14-33-27/h2-5,8-10,14,18,21,24,33H,6-7,11-13,15-17,19-20H2,1H3. The van der Waals surface area contributed by atoms with Gasteiger partial charge in [0.05, 0.1) is 7.11 Å². The number of nitrogens with zero attached hydrogens (tertiary/aromatic N) is 4. The number of methoxy groups -OCH3 is 1. The van der Waals surface area contributed by atoms with Crippen LogP contribution in [-0.2, 0) is 14.3 Å². The van der Waals surface area contributed by atoms with Crippen molar-refractivity contribution >= 4 is 34.6 Å². The number of carbonyl (C=O) groups excluding carboxylic acids is 3. The first-order chi connectivity index (χ1) is 19.9. The molecule has 212 valence electrons. The van der Waals surface area contributed by atoms with Crippen LogP contribution in [0.1, 0.15) is 37.7 Å². The molecule has 2 saturated heterocycles. The number of nitrogens with one attached hydrogen (secondary N) is 1. The second-order valence-corrected chi connectivity index (χ2v) is 11.9. The van der Waals surface area contributed by atoms with Crippen molar-refractivity contribution in [3.8, 4) is 11.1 Å². The lowest BCUT2D eigenvalue weighted by Gasteiger charge is -2.35. The third kappa shape index (κ3) is 4.67. The number of H-pyrrole nitrogens is 1. The highest BCUT2D eigenvalue weighted by molar-refractivity contribution is 6.15. The van der Waals surface area contributed by atoms with E-state index >= 15 is 0 Å². The van der Waals surface area contributed by atoms with E-state index in [9.17, 15) is 14.4 Å². The first kappa shape index (κ1) is 25.8. The molecular formula is C32H35N5O4. The number of benzene rings is 2. The lowest BCUT2D eigenvalue weighted by Crippen LogP contribution is -2.52. The first-order valence-electron chi connectivity index (χ1n) is 14.7. The molecule has 9 heteroatoms. The van der Waals surface area contributed by atoms with Crippen LogP contribution in [0.2, 0.25) is 0 Å². The third-order valence-corrected chi connectivity index (χ3v) is 9.24. The Kier molecular flexibility index (Phi) is 6.32. The molecule has 1 N–H and O–H groups in total. The average Bonchev–Trinajstić information content (AvgIpc) is 3.46. The summed E-state index contributed by atoms with van der Waals surface area (Å²) in [4.78, 5) is 52.8. The van der Waals surface area contributed by atoms with Crippen LogP contribution in [-0.4, -0.2) is 88.8 Å². The zero-order valence-electron chi connectivity index (χ0n) is 23.3. The highest BCUT2D eigenvalue weighted by Gasteiger charge is 2.51. The monoisotopic (exact) mass is 553 g/mol. The topological polar surface area (TPSA) is 98.3 Å². The fraction of sp³-hybridized carbons (Fsp3) is 0.438. The summed E-state index contributed by atoms with van der Waals surface area (Å²) in [5.41, 5.74) is 3.36. The number of piperidine rings is 1. The summed E-state index contributed by atoms with van der Waals surface area (Å²) in [6.45, 7) is 2.85. The summed E-state index contributed by atoms with van der Waals surface area (Å²) in [6.07, 6.45) is 5.39. The summed E-state index contributed by atoms with van der Waals surface area (Å²) in [6, 6.07) is 16.7. The van der Waals surface area contributed by atoms with Crippen molar-refractivity contribution in [2.24, 2.45) is 16.8 Å². The number of fused-ring (bicyclic) bond motifs is 1. The number of likely N-dealkylation sites (tertiary alicyclic amines) is 2. The van der Waals surface area contributed by atoms with Gasteiger partial charge >= 0.3 is 6.09 Å². The lowest BCUT2D eigenvalue weighted by atomic mass is 9.87. The molecule has 1 spiro atoms. The van der Waals surface area contributed by atoms with Crippen molar-refractivity contribution in [1.29, 1.82) is 0 Å². The van der Waals surface area contributed by atoms with E-state index in [1.165, 1.54) is 7.11 Å². The zero-order valence-corrected chi connectivity index (χ0v) is 23.3. The Hall–Kier alpha value is -4.14. The van der Waals surface area contributed by atoms with Crippen LogP contribution in [0.3, 0.4) is 0 Å². The van der Waals surface area contributed by atoms with Gasteiger partial charge < -0.3 is 19.5 Å². The number of carbonyl (C=O) groups is 3. The normalized spacial score (nSPS) is 22.1. The van der Waals surface area contributed by atoms with Crippen LogP contribution >= 0.6 is 0 Å². The van der Waals surface area contributed by atoms with Gasteiger partial charge in [-0.25, -0.2) is 4.79 Å². The van der Waals surface area contributed by atoms with E-state index in [0.29, 0.717) is 44.9 Å². The Balaban J connectivity index is 1.15. The molecule has 1 aromatic heterocycles. The van der Waals surface area contributed by atoms with Crippen molar-refractivity contribution in [3.63, 3.8) is 0 Å². The Morgan fingerprint density at radius 2 is 1.68 bits per heavy atom. The van der Waals surface area contributed by atoms with E-state index < -0.39 is 5.54 Å². The van der Waals surface area contributed by atoms with Gasteiger partial charge in [-0.3, -0.25) is 19.5 Å². The molecule has 1 aliphatic carbocycles. The first-order valence-corrected chi connectivity index (χ1v) is 14.7. The van der Waals surface area contributed by atoms with E-state index in [1.54, 1.807) is 4.90 Å². The van der Waals surface area contributed by atoms with Gasteiger partial charge in [-0.1, -0.05) is 30.3 Å². The largest absolute Gasteiger partial charge is 0.453 e. The molecule has 7 rings (SSSR count). The quantitative estimate of drug-likeness (QED) is 0.510. The van der Waals surface area contributed by atoms with Crippen molar-refractivity contribution < 1.29 is 19.1 Å². The van der Waals surface area contributed by atoms with Crippen LogP contribution in [0.15, 0.2) is 59.7 Å². The predicted molar refractivity (Wildman–Crippen MR) is 155 cm³/mol. The number of rotatable bonds is 5. The molecule has 3 aliphatic heterocycles. The van der Waals surface area contributed by atoms with E-state index in [0.717, 1.165) is 53.4 Å². The van der Waals surface area contributed by atoms with Gasteiger partial charge in [-0.15, -0.1) is 0 Å². The van der Waals surface area contributed by atoms with Crippen LogP contribution in [0.5, 0.6) is 0 Å². The van der Waals surface area contributed by atoms with E-state index in [1.807, 2.05) is 16.0 Å². The number of amides is 3. The summed E-state index contributed by atoms with van der Waals surface area (Å²) >= 11 is 0. The molecule has 2 aromatic carbocycles. The molecule has 4 heterocycles. The maximum absolute atomic E-state index is 14.1. The highest BCUT2D eigenvalue weighted by atomic mass is 16.5. The average molecular weight is 554 g/mol. The number of hydrogen-bond donors (Lipinski definition) is 1. The number of aromatic nitrogens is 1. The molecule has 41 heavy (non-hydrogen) atoms. The molecule has 0 bridgehead atoms. The van der Waals surface area contributed by atoms with Crippen LogP contribution in [0.25, 0.3) is 22.0 Å². The maximum atomic E-state index is 14.1. The van der Waals surface area contributed by atoms with Crippen LogP contribution in [0.4, 0.5) is 4.79 Å². The van der Waals surface area contributed by atoms with Crippen LogP contribution < -0.4 is 0 Å². The summed E-state index contributed by atoms with van der Waals surface area (Å²) < 4.78 is 4.91. The third-order valence-electron chi connectivity index (χ3n) is 9.24. The minimum atomic E-state index is -0.875. The number of amidine groups is 1. The second-order valence-electron chi connectivity index (χ2n) is 11.9. The molecular weight excluding hydrogens is 518 g/mol. The van der Waals surface area contributed by atoms with E-state index in [2.05, 4.69) is 53.5 Å². The van der Waals surface area contributed by atoms with Crippen molar-refractivity contribution in [2.75, 3.05) is 39.8 Å². The highest BCUT2D eigenvalue weighted by Crippen LogP contribution is 2.38. The minimum absolute atomic E-state index is 0.00553. The summed E-state index contributed by atoms with van der Waals surface area (Å²) in [7, 11) is 1.38. The lowest BCUT2D eigenvalue weighted by molar-refractivity contribution is -0.133. The Morgan fingerprint density at radius 1 is 0.951 bits per heavy atom. The Morgan fingerprint density at radius 3 is 2.41 bits per heavy atom. The Bertz CT molecular complexity index is 1530. The smallest absolute Gasteiger partial charge is 0.409 e. The predicted octanol–water partition coefficient (Wildman–Crippen LogP) is 4.28. The number of aliphatic imine (C=N–C) groups is 1. The van der Waals surface area contributed by atoms with Gasteiger partial charge in [0.25, 0.3) is 5.91 Å². The fourth-order valence-electron chi connectivity index (χ4n) is 6.64. The summed E-state index contributed by atoms with van der Waals surface area (Å²) in [5.74, 6) is 1.39. The zero-order chi connectivity index (χ0) is 28.1. The molecule has 3 amide bonds. The summed E-state index contributed by atoms with van der Waals surface area (Å²) in [5, 5.41) is 1.16. The van der Waals surface area contributed by atoms with Gasteiger partial charge in [0.2, 0.25) is 5.91 Å². The fourth-order valence-corrected chi connectivity index (χ4v) is 6.64. The van der Waals surface area contributed by atoms with Crippen molar-refractivity contribution in [3.05, 3.63) is 60.3 Å². The molecule has 4 aliphatic rings. The molecule has 3 aromatic rings. The van der Waals surface area contributed by atoms with E-state index in [4.69, 9.17) is 9.73 Å². The SMILES string of the molecule is COC(=O)N1CCC2(CC1)N=C(c1ccc(-c3ccc4[nH]ccc4c3)cc1)N(CC1CCN(C(=O)C3CC3)C1)C2=O. The minimum Gasteiger partial charge on any atom is -0.453 e. The van der Waals surface area contributed by atoms with Gasteiger partial charge in [-0.05, 0) is 72.7 Å². The van der Waals surface area contributed by atoms with Gasteiger partial charge in [0.1, 0.15) is 11.4 Å². The molecule has 0 radical (unpaired) electrons. The second kappa shape index (κ2) is 10.0. The maximum Gasteiger partial charge on any atom is 0.409 e. The molecule has 1 unspecified atom stereocenters. The van der Waals surface area contributed by atoms with Gasteiger partial charge in [0, 0.05) is 55.9 Å². The van der Waals surface area contributed by atoms with Gasteiger partial charge in [0.15, 0.2) is 0 Å². The molecule has 9 nitrogen and oxygen atoms in total. The van der Waals surface area contributed by atoms with E-state index in [-0.39, 0.29) is 29.7 Å². The van der Waals surface area contributed by atoms with Crippen molar-refractivity contribution in [1.82, 2.24) is 19.7 Å². The molecule has 3 fully saturated rings. The van der Waals surface area contributed by atoms with Crippen LogP contribution in [0, 0.1) is 11.8 Å².